The summed E-state index contributed by atoms with van der Waals surface area (Å²) in [5, 5.41) is 13.8. The standard InChI is InChI=1S/C16H21N5OS.C2HF3O2/c1-6-21(11-15-19-5-8-23-15)7-2-16(1)9-13(12-22-16)20-14-10-17-3-4-18-14;3-2(4,5)1(6)7/h3-5,8,10,13H,1-2,6-7,9,11-12H2,(H,18,20);(H,6,7). The first-order chi connectivity index (χ1) is 14.3. The van der Waals surface area contributed by atoms with Gasteiger partial charge in [0.2, 0.25) is 0 Å². The maximum Gasteiger partial charge on any atom is 0.490 e. The van der Waals surface area contributed by atoms with Gasteiger partial charge in [-0.15, -0.1) is 11.3 Å². The van der Waals surface area contributed by atoms with Crippen LogP contribution in [0.1, 0.15) is 24.3 Å². The van der Waals surface area contributed by atoms with E-state index in [1.807, 2.05) is 11.6 Å². The number of anilines is 1. The molecule has 0 amide bonds. The van der Waals surface area contributed by atoms with Crippen LogP contribution in [0.4, 0.5) is 19.0 Å². The molecule has 8 nitrogen and oxygen atoms in total. The Labute approximate surface area is 175 Å². The summed E-state index contributed by atoms with van der Waals surface area (Å²) in [4.78, 5) is 24.1. The van der Waals surface area contributed by atoms with E-state index >= 15 is 0 Å². The van der Waals surface area contributed by atoms with E-state index in [2.05, 4.69) is 25.2 Å². The van der Waals surface area contributed by atoms with E-state index in [0.29, 0.717) is 6.04 Å². The van der Waals surface area contributed by atoms with Crippen LogP contribution in [-0.2, 0) is 16.1 Å². The molecule has 0 aliphatic carbocycles. The van der Waals surface area contributed by atoms with Crippen LogP contribution in [-0.4, -0.2) is 68.4 Å². The van der Waals surface area contributed by atoms with Crippen molar-refractivity contribution < 1.29 is 27.8 Å². The summed E-state index contributed by atoms with van der Waals surface area (Å²) >= 11 is 1.74. The first kappa shape index (κ1) is 22.4. The van der Waals surface area contributed by atoms with Gasteiger partial charge in [-0.1, -0.05) is 0 Å². The number of rotatable bonds is 4. The summed E-state index contributed by atoms with van der Waals surface area (Å²) in [6.07, 6.45) is 5.21. The van der Waals surface area contributed by atoms with Crippen molar-refractivity contribution >= 4 is 23.1 Å². The van der Waals surface area contributed by atoms with Crippen molar-refractivity contribution in [2.24, 2.45) is 0 Å². The lowest BCUT2D eigenvalue weighted by molar-refractivity contribution is -0.192. The van der Waals surface area contributed by atoms with Crippen molar-refractivity contribution in [1.29, 1.82) is 0 Å². The third-order valence-electron chi connectivity index (χ3n) is 4.98. The van der Waals surface area contributed by atoms with Gasteiger partial charge in [0, 0.05) is 37.1 Å². The van der Waals surface area contributed by atoms with Crippen LogP contribution < -0.4 is 5.32 Å². The van der Waals surface area contributed by atoms with Gasteiger partial charge in [0.05, 0.1) is 31.0 Å². The summed E-state index contributed by atoms with van der Waals surface area (Å²) in [6, 6.07) is 0.331. The molecular formula is C18H22F3N5O3S. The average Bonchev–Trinajstić information content (AvgIpc) is 3.35. The second-order valence-corrected chi connectivity index (χ2v) is 8.11. The van der Waals surface area contributed by atoms with E-state index in [-0.39, 0.29) is 5.60 Å². The fourth-order valence-electron chi connectivity index (χ4n) is 3.51. The number of aliphatic carboxylic acids is 1. The van der Waals surface area contributed by atoms with Crippen LogP contribution in [0.5, 0.6) is 0 Å². The van der Waals surface area contributed by atoms with Gasteiger partial charge in [-0.2, -0.15) is 13.2 Å². The third-order valence-corrected chi connectivity index (χ3v) is 5.74. The number of alkyl halides is 3. The second-order valence-electron chi connectivity index (χ2n) is 7.13. The number of piperidine rings is 1. The van der Waals surface area contributed by atoms with Gasteiger partial charge in [-0.3, -0.25) is 9.88 Å². The fourth-order valence-corrected chi connectivity index (χ4v) is 4.17. The van der Waals surface area contributed by atoms with Crippen LogP contribution in [0.25, 0.3) is 0 Å². The highest BCUT2D eigenvalue weighted by molar-refractivity contribution is 7.09. The molecule has 4 rings (SSSR count). The van der Waals surface area contributed by atoms with Crippen LogP contribution in [0.2, 0.25) is 0 Å². The topological polar surface area (TPSA) is 100 Å². The molecule has 4 heterocycles. The minimum Gasteiger partial charge on any atom is -0.475 e. The molecule has 0 aromatic carbocycles. The zero-order valence-corrected chi connectivity index (χ0v) is 16.8. The Kier molecular flexibility index (Phi) is 7.21. The molecule has 12 heteroatoms. The van der Waals surface area contributed by atoms with E-state index in [1.54, 1.807) is 29.9 Å². The van der Waals surface area contributed by atoms with Crippen molar-refractivity contribution in [3.05, 3.63) is 35.2 Å². The number of ether oxygens (including phenoxy) is 1. The van der Waals surface area contributed by atoms with Gasteiger partial charge >= 0.3 is 12.1 Å². The summed E-state index contributed by atoms with van der Waals surface area (Å²) in [6.45, 7) is 3.88. The van der Waals surface area contributed by atoms with E-state index in [4.69, 9.17) is 14.6 Å². The summed E-state index contributed by atoms with van der Waals surface area (Å²) in [5.74, 6) is -1.92. The van der Waals surface area contributed by atoms with Gasteiger partial charge < -0.3 is 15.2 Å². The van der Waals surface area contributed by atoms with Gasteiger partial charge in [0.25, 0.3) is 0 Å². The summed E-state index contributed by atoms with van der Waals surface area (Å²) < 4.78 is 37.9. The maximum absolute atomic E-state index is 10.6. The van der Waals surface area contributed by atoms with Crippen molar-refractivity contribution in [2.45, 2.75) is 43.6 Å². The molecule has 2 saturated heterocycles. The monoisotopic (exact) mass is 445 g/mol. The Bertz CT molecular complexity index is 799. The molecule has 2 aromatic rings. The maximum atomic E-state index is 10.6. The van der Waals surface area contributed by atoms with Gasteiger partial charge in [-0.25, -0.2) is 14.8 Å². The molecule has 2 aliphatic rings. The van der Waals surface area contributed by atoms with Crippen molar-refractivity contribution in [3.63, 3.8) is 0 Å². The number of hydrogen-bond acceptors (Lipinski definition) is 8. The summed E-state index contributed by atoms with van der Waals surface area (Å²) in [7, 11) is 0. The Balaban J connectivity index is 0.000000318. The average molecular weight is 445 g/mol. The highest BCUT2D eigenvalue weighted by Gasteiger charge is 2.42. The van der Waals surface area contributed by atoms with E-state index in [0.717, 1.165) is 51.3 Å². The smallest absolute Gasteiger partial charge is 0.475 e. The van der Waals surface area contributed by atoms with E-state index in [9.17, 15) is 13.2 Å². The van der Waals surface area contributed by atoms with E-state index < -0.39 is 12.1 Å². The first-order valence-electron chi connectivity index (χ1n) is 9.33. The predicted molar refractivity (Wildman–Crippen MR) is 103 cm³/mol. The number of likely N-dealkylation sites (tertiary alicyclic amines) is 1. The molecular weight excluding hydrogens is 423 g/mol. The lowest BCUT2D eigenvalue weighted by atomic mass is 9.87. The van der Waals surface area contributed by atoms with Crippen LogP contribution in [0.3, 0.4) is 0 Å². The number of nitrogens with zero attached hydrogens (tertiary/aromatic N) is 4. The Hall–Kier alpha value is -2.31. The van der Waals surface area contributed by atoms with Gasteiger partial charge in [0.1, 0.15) is 10.8 Å². The largest absolute Gasteiger partial charge is 0.490 e. The first-order valence-corrected chi connectivity index (χ1v) is 10.2. The molecule has 30 heavy (non-hydrogen) atoms. The number of aromatic nitrogens is 3. The predicted octanol–water partition coefficient (Wildman–Crippen LogP) is 2.80. The van der Waals surface area contributed by atoms with E-state index in [1.165, 1.54) is 5.01 Å². The molecule has 1 spiro atoms. The number of carboxylic acid groups (broad SMARTS) is 1. The Morgan fingerprint density at radius 3 is 2.60 bits per heavy atom. The summed E-state index contributed by atoms with van der Waals surface area (Å²) in [5.41, 5.74) is 0.0409. The number of hydrogen-bond donors (Lipinski definition) is 2. The second kappa shape index (κ2) is 9.67. The molecule has 2 aliphatic heterocycles. The number of halogens is 3. The van der Waals surface area contributed by atoms with Gasteiger partial charge in [-0.05, 0) is 19.3 Å². The highest BCUT2D eigenvalue weighted by atomic mass is 32.1. The molecule has 164 valence electrons. The zero-order chi connectivity index (χ0) is 21.6. The van der Waals surface area contributed by atoms with Crippen LogP contribution in [0.15, 0.2) is 30.2 Å². The quantitative estimate of drug-likeness (QED) is 0.741. The molecule has 0 radical (unpaired) electrons. The zero-order valence-electron chi connectivity index (χ0n) is 16.0. The molecule has 0 saturated carbocycles. The fraction of sp³-hybridized carbons (Fsp3) is 0.556. The number of thiazole rings is 1. The SMILES string of the molecule is O=C(O)C(F)(F)F.c1cnc(NC2COC3(CCN(Cc4nccs4)CC3)C2)cn1. The van der Waals surface area contributed by atoms with Crippen LogP contribution in [0, 0.1) is 0 Å². The Morgan fingerprint density at radius 1 is 1.30 bits per heavy atom. The normalized spacial score (nSPS) is 21.1. The number of carboxylic acids is 1. The molecule has 1 unspecified atom stereocenters. The third kappa shape index (κ3) is 6.34. The highest BCUT2D eigenvalue weighted by Crippen LogP contribution is 2.37. The minimum atomic E-state index is -5.08. The molecule has 2 fully saturated rings. The lowest BCUT2D eigenvalue weighted by Crippen LogP contribution is -2.44. The molecule has 2 N–H and O–H groups in total. The molecule has 1 atom stereocenters. The van der Waals surface area contributed by atoms with Crippen LogP contribution >= 0.6 is 11.3 Å². The molecule has 2 aromatic heterocycles. The van der Waals surface area contributed by atoms with Gasteiger partial charge in [0.15, 0.2) is 0 Å². The van der Waals surface area contributed by atoms with Crippen molar-refractivity contribution in [1.82, 2.24) is 19.9 Å². The minimum absolute atomic E-state index is 0.0409. The van der Waals surface area contributed by atoms with Crippen molar-refractivity contribution in [3.8, 4) is 0 Å². The lowest BCUT2D eigenvalue weighted by Gasteiger charge is -2.38. The number of nitrogens with one attached hydrogen (secondary N) is 1. The Morgan fingerprint density at radius 2 is 2.03 bits per heavy atom. The van der Waals surface area contributed by atoms with Crippen molar-refractivity contribution in [2.75, 3.05) is 25.0 Å². The number of carbonyl (C=O) groups is 1. The molecule has 0 bridgehead atoms.